The van der Waals surface area contributed by atoms with E-state index in [-0.39, 0.29) is 5.91 Å². The van der Waals surface area contributed by atoms with Crippen molar-refractivity contribution in [1.82, 2.24) is 4.90 Å². The Hall–Kier alpha value is -1.35. The first-order valence-corrected chi connectivity index (χ1v) is 8.27. The lowest BCUT2D eigenvalue weighted by Gasteiger charge is -2.29. The first-order valence-electron chi connectivity index (χ1n) is 8.27. The maximum absolute atomic E-state index is 12.3. The van der Waals surface area contributed by atoms with Gasteiger partial charge < -0.3 is 5.32 Å². The van der Waals surface area contributed by atoms with Gasteiger partial charge in [0.25, 0.3) is 0 Å². The number of anilines is 1. The van der Waals surface area contributed by atoms with Crippen LogP contribution < -0.4 is 5.32 Å². The molecular weight excluding hydrogens is 260 g/mol. The number of hydrogen-bond donors (Lipinski definition) is 1. The fraction of sp³-hybridized carbons (Fsp3) is 0.611. The van der Waals surface area contributed by atoms with E-state index in [9.17, 15) is 4.79 Å². The number of likely N-dealkylation sites (tertiary alicyclic amines) is 1. The predicted molar refractivity (Wildman–Crippen MR) is 88.7 cm³/mol. The SMILES string of the molecule is CCc1cccc(CC)c1NC(=O)CN1CCC(C)CC1. The number of carbonyl (C=O) groups excluding carboxylic acids is 1. The Morgan fingerprint density at radius 2 is 1.76 bits per heavy atom. The molecule has 0 unspecified atom stereocenters. The number of nitrogens with one attached hydrogen (secondary N) is 1. The van der Waals surface area contributed by atoms with Crippen LogP contribution in [0.2, 0.25) is 0 Å². The number of piperidine rings is 1. The van der Waals surface area contributed by atoms with Crippen molar-refractivity contribution in [3.63, 3.8) is 0 Å². The third-order valence-corrected chi connectivity index (χ3v) is 4.51. The Morgan fingerprint density at radius 3 is 2.29 bits per heavy atom. The zero-order valence-corrected chi connectivity index (χ0v) is 13.6. The van der Waals surface area contributed by atoms with E-state index in [0.29, 0.717) is 6.54 Å². The second-order valence-electron chi connectivity index (χ2n) is 6.17. The smallest absolute Gasteiger partial charge is 0.238 e. The van der Waals surface area contributed by atoms with E-state index in [2.05, 4.69) is 49.2 Å². The molecule has 0 atom stereocenters. The Balaban J connectivity index is 1.99. The molecule has 1 N–H and O–H groups in total. The Kier molecular flexibility index (Phi) is 5.80. The molecule has 1 aromatic rings. The van der Waals surface area contributed by atoms with E-state index >= 15 is 0 Å². The molecule has 1 fully saturated rings. The molecular formula is C18H28N2O. The van der Waals surface area contributed by atoms with Crippen molar-refractivity contribution in [3.8, 4) is 0 Å². The fourth-order valence-corrected chi connectivity index (χ4v) is 3.01. The lowest BCUT2D eigenvalue weighted by Crippen LogP contribution is -2.38. The van der Waals surface area contributed by atoms with E-state index in [1.54, 1.807) is 0 Å². The van der Waals surface area contributed by atoms with Crippen LogP contribution in [-0.4, -0.2) is 30.4 Å². The van der Waals surface area contributed by atoms with Crippen molar-refractivity contribution >= 4 is 11.6 Å². The van der Waals surface area contributed by atoms with Crippen molar-refractivity contribution < 1.29 is 4.79 Å². The van der Waals surface area contributed by atoms with E-state index < -0.39 is 0 Å². The highest BCUT2D eigenvalue weighted by atomic mass is 16.2. The Labute approximate surface area is 128 Å². The summed E-state index contributed by atoms with van der Waals surface area (Å²) in [5.41, 5.74) is 3.50. The van der Waals surface area contributed by atoms with Gasteiger partial charge in [0.2, 0.25) is 5.91 Å². The molecule has 3 nitrogen and oxygen atoms in total. The maximum Gasteiger partial charge on any atom is 0.238 e. The minimum Gasteiger partial charge on any atom is -0.324 e. The van der Waals surface area contributed by atoms with Crippen molar-refractivity contribution in [2.45, 2.75) is 46.5 Å². The summed E-state index contributed by atoms with van der Waals surface area (Å²) < 4.78 is 0. The Bertz CT molecular complexity index is 454. The van der Waals surface area contributed by atoms with Gasteiger partial charge in [-0.2, -0.15) is 0 Å². The number of nitrogens with zero attached hydrogens (tertiary/aromatic N) is 1. The zero-order chi connectivity index (χ0) is 15.2. The minimum absolute atomic E-state index is 0.125. The molecule has 2 rings (SSSR count). The second kappa shape index (κ2) is 7.60. The van der Waals surface area contributed by atoms with Gasteiger partial charge in [0.1, 0.15) is 0 Å². The quantitative estimate of drug-likeness (QED) is 0.899. The monoisotopic (exact) mass is 288 g/mol. The van der Waals surface area contributed by atoms with Crippen molar-refractivity contribution in [2.75, 3.05) is 25.0 Å². The number of benzene rings is 1. The van der Waals surface area contributed by atoms with Crippen LogP contribution in [-0.2, 0) is 17.6 Å². The van der Waals surface area contributed by atoms with Gasteiger partial charge in [-0.05, 0) is 55.8 Å². The Morgan fingerprint density at radius 1 is 1.19 bits per heavy atom. The lowest BCUT2D eigenvalue weighted by molar-refractivity contribution is -0.117. The van der Waals surface area contributed by atoms with Crippen molar-refractivity contribution in [3.05, 3.63) is 29.3 Å². The topological polar surface area (TPSA) is 32.3 Å². The summed E-state index contributed by atoms with van der Waals surface area (Å²) in [6.45, 7) is 9.18. The van der Waals surface area contributed by atoms with Crippen LogP contribution in [0.3, 0.4) is 0 Å². The normalized spacial score (nSPS) is 16.9. The van der Waals surface area contributed by atoms with E-state index in [1.165, 1.54) is 24.0 Å². The van der Waals surface area contributed by atoms with Crippen LogP contribution >= 0.6 is 0 Å². The molecule has 3 heteroatoms. The van der Waals surface area contributed by atoms with Crippen LogP contribution in [0, 0.1) is 5.92 Å². The molecule has 0 radical (unpaired) electrons. The van der Waals surface area contributed by atoms with Crippen LogP contribution in [0.4, 0.5) is 5.69 Å². The molecule has 1 saturated heterocycles. The number of carbonyl (C=O) groups is 1. The maximum atomic E-state index is 12.3. The molecule has 1 amide bonds. The molecule has 0 saturated carbocycles. The van der Waals surface area contributed by atoms with Gasteiger partial charge in [-0.1, -0.05) is 39.0 Å². The number of hydrogen-bond acceptors (Lipinski definition) is 2. The summed E-state index contributed by atoms with van der Waals surface area (Å²) in [5.74, 6) is 0.928. The molecule has 0 spiro atoms. The highest BCUT2D eigenvalue weighted by Crippen LogP contribution is 2.23. The lowest BCUT2D eigenvalue weighted by atomic mass is 9.99. The average molecular weight is 288 g/mol. The van der Waals surface area contributed by atoms with Crippen molar-refractivity contribution in [1.29, 1.82) is 0 Å². The first kappa shape index (κ1) is 16.0. The molecule has 1 aromatic carbocycles. The number of aryl methyl sites for hydroxylation is 2. The molecule has 1 aliphatic heterocycles. The van der Waals surface area contributed by atoms with Crippen LogP contribution in [0.1, 0.15) is 44.7 Å². The molecule has 0 aliphatic carbocycles. The van der Waals surface area contributed by atoms with Crippen LogP contribution in [0.25, 0.3) is 0 Å². The molecule has 21 heavy (non-hydrogen) atoms. The molecule has 0 aromatic heterocycles. The van der Waals surface area contributed by atoms with Crippen LogP contribution in [0.15, 0.2) is 18.2 Å². The second-order valence-corrected chi connectivity index (χ2v) is 6.17. The van der Waals surface area contributed by atoms with Gasteiger partial charge in [-0.25, -0.2) is 0 Å². The summed E-state index contributed by atoms with van der Waals surface area (Å²) in [6, 6.07) is 6.30. The first-order chi connectivity index (χ1) is 10.1. The van der Waals surface area contributed by atoms with E-state index in [0.717, 1.165) is 37.5 Å². The average Bonchev–Trinajstić information content (AvgIpc) is 2.49. The largest absolute Gasteiger partial charge is 0.324 e. The van der Waals surface area contributed by atoms with E-state index in [4.69, 9.17) is 0 Å². The van der Waals surface area contributed by atoms with Gasteiger partial charge >= 0.3 is 0 Å². The third-order valence-electron chi connectivity index (χ3n) is 4.51. The zero-order valence-electron chi connectivity index (χ0n) is 13.6. The number of para-hydroxylation sites is 1. The molecule has 0 bridgehead atoms. The molecule has 1 heterocycles. The summed E-state index contributed by atoms with van der Waals surface area (Å²) in [7, 11) is 0. The molecule has 116 valence electrons. The van der Waals surface area contributed by atoms with Gasteiger partial charge in [0.05, 0.1) is 6.54 Å². The predicted octanol–water partition coefficient (Wildman–Crippen LogP) is 3.48. The summed E-state index contributed by atoms with van der Waals surface area (Å²) >= 11 is 0. The van der Waals surface area contributed by atoms with E-state index in [1.807, 2.05) is 0 Å². The highest BCUT2D eigenvalue weighted by molar-refractivity contribution is 5.93. The van der Waals surface area contributed by atoms with Gasteiger partial charge in [-0.15, -0.1) is 0 Å². The van der Waals surface area contributed by atoms with Crippen LogP contribution in [0.5, 0.6) is 0 Å². The van der Waals surface area contributed by atoms with Gasteiger partial charge in [-0.3, -0.25) is 9.69 Å². The highest BCUT2D eigenvalue weighted by Gasteiger charge is 2.18. The summed E-state index contributed by atoms with van der Waals surface area (Å²) in [5, 5.41) is 3.16. The summed E-state index contributed by atoms with van der Waals surface area (Å²) in [4.78, 5) is 14.6. The number of amides is 1. The fourth-order valence-electron chi connectivity index (χ4n) is 3.01. The van der Waals surface area contributed by atoms with Gasteiger partial charge in [0.15, 0.2) is 0 Å². The van der Waals surface area contributed by atoms with Gasteiger partial charge in [0, 0.05) is 5.69 Å². The standard InChI is InChI=1S/C18H28N2O/c1-4-15-7-6-8-16(5-2)18(15)19-17(21)13-20-11-9-14(3)10-12-20/h6-8,14H,4-5,9-13H2,1-3H3,(H,19,21). The minimum atomic E-state index is 0.125. The summed E-state index contributed by atoms with van der Waals surface area (Å²) in [6.07, 6.45) is 4.31. The number of rotatable bonds is 5. The van der Waals surface area contributed by atoms with Crippen molar-refractivity contribution in [2.24, 2.45) is 5.92 Å². The third kappa shape index (κ3) is 4.31. The molecule has 1 aliphatic rings.